The van der Waals surface area contributed by atoms with Crippen molar-refractivity contribution in [2.45, 2.75) is 0 Å². The topological polar surface area (TPSA) is 29.0 Å². The summed E-state index contributed by atoms with van der Waals surface area (Å²) in [5, 5.41) is 0. The van der Waals surface area contributed by atoms with Gasteiger partial charge in [0.15, 0.2) is 0 Å². The van der Waals surface area contributed by atoms with E-state index in [1.807, 2.05) is 60.9 Å². The molecule has 0 saturated heterocycles. The molecule has 0 N–H and O–H groups in total. The number of hydrogen-bond acceptors (Lipinski definition) is 3. The predicted octanol–water partition coefficient (Wildman–Crippen LogP) is 8.68. The SMILES string of the molecule is C(#Cc1cc(-c2ccccn2)cc(-c2ccccn2)c1)c1ccc(N(c2ccccc2)c2ccccc2)cc1. The molecule has 6 aromatic rings. The summed E-state index contributed by atoms with van der Waals surface area (Å²) in [6.45, 7) is 0. The summed E-state index contributed by atoms with van der Waals surface area (Å²) >= 11 is 0. The van der Waals surface area contributed by atoms with Gasteiger partial charge in [-0.25, -0.2) is 0 Å². The zero-order chi connectivity index (χ0) is 26.3. The second-order valence-corrected chi connectivity index (χ2v) is 9.03. The minimum atomic E-state index is 0.907. The molecule has 0 spiro atoms. The molecule has 6 rings (SSSR count). The molecule has 39 heavy (non-hydrogen) atoms. The van der Waals surface area contributed by atoms with E-state index in [2.05, 4.69) is 118 Å². The molecular formula is C36H25N3. The molecule has 2 heterocycles. The van der Waals surface area contributed by atoms with Crippen LogP contribution in [0, 0.1) is 11.8 Å². The molecule has 0 fully saturated rings. The smallest absolute Gasteiger partial charge is 0.0702 e. The van der Waals surface area contributed by atoms with Crippen molar-refractivity contribution in [2.24, 2.45) is 0 Å². The average Bonchev–Trinajstić information content (AvgIpc) is 3.03. The van der Waals surface area contributed by atoms with Gasteiger partial charge < -0.3 is 4.90 Å². The van der Waals surface area contributed by atoms with Crippen LogP contribution in [-0.2, 0) is 0 Å². The fraction of sp³-hybridized carbons (Fsp3) is 0. The average molecular weight is 500 g/mol. The van der Waals surface area contributed by atoms with Gasteiger partial charge in [0.05, 0.1) is 11.4 Å². The summed E-state index contributed by atoms with van der Waals surface area (Å²) in [6.07, 6.45) is 3.62. The maximum atomic E-state index is 4.55. The Morgan fingerprint density at radius 2 is 0.872 bits per heavy atom. The number of para-hydroxylation sites is 2. The van der Waals surface area contributed by atoms with Crippen LogP contribution >= 0.6 is 0 Å². The van der Waals surface area contributed by atoms with Crippen molar-refractivity contribution in [3.05, 3.63) is 163 Å². The normalized spacial score (nSPS) is 10.4. The maximum Gasteiger partial charge on any atom is 0.0702 e. The lowest BCUT2D eigenvalue weighted by atomic mass is 10.0. The van der Waals surface area contributed by atoms with Crippen LogP contribution in [0.2, 0.25) is 0 Å². The molecule has 0 aliphatic heterocycles. The van der Waals surface area contributed by atoms with Gasteiger partial charge in [-0.2, -0.15) is 0 Å². The first kappa shape index (κ1) is 23.9. The van der Waals surface area contributed by atoms with Gasteiger partial charge in [-0.05, 0) is 91.0 Å². The Morgan fingerprint density at radius 1 is 0.410 bits per heavy atom. The Kier molecular flexibility index (Phi) is 6.92. The van der Waals surface area contributed by atoms with Crippen LogP contribution in [0.25, 0.3) is 22.5 Å². The summed E-state index contributed by atoms with van der Waals surface area (Å²) in [5.74, 6) is 6.73. The molecule has 0 atom stereocenters. The first-order chi connectivity index (χ1) is 19.3. The molecule has 0 amide bonds. The zero-order valence-corrected chi connectivity index (χ0v) is 21.3. The fourth-order valence-corrected chi connectivity index (χ4v) is 4.50. The van der Waals surface area contributed by atoms with Gasteiger partial charge in [0.25, 0.3) is 0 Å². The third-order valence-corrected chi connectivity index (χ3v) is 6.36. The minimum Gasteiger partial charge on any atom is -0.311 e. The van der Waals surface area contributed by atoms with Gasteiger partial charge in [0, 0.05) is 51.7 Å². The standard InChI is InChI=1S/C36H25N3/c1-3-11-32(12-4-1)39(33-13-5-2-6-14-33)34-21-19-28(20-22-34)17-18-29-25-30(35-15-7-9-23-37-35)27-31(26-29)36-16-8-10-24-38-36/h1-16,19-27H. The van der Waals surface area contributed by atoms with E-state index in [9.17, 15) is 0 Å². The quantitative estimate of drug-likeness (QED) is 0.222. The lowest BCUT2D eigenvalue weighted by molar-refractivity contribution is 1.28. The van der Waals surface area contributed by atoms with E-state index in [0.717, 1.165) is 50.7 Å². The van der Waals surface area contributed by atoms with Crippen LogP contribution in [0.15, 0.2) is 152 Å². The second kappa shape index (κ2) is 11.3. The molecule has 0 saturated carbocycles. The van der Waals surface area contributed by atoms with E-state index in [-0.39, 0.29) is 0 Å². The lowest BCUT2D eigenvalue weighted by Crippen LogP contribution is -2.09. The Bertz CT molecular complexity index is 1620. The molecule has 3 nitrogen and oxygen atoms in total. The zero-order valence-electron chi connectivity index (χ0n) is 21.3. The molecular weight excluding hydrogens is 474 g/mol. The maximum absolute atomic E-state index is 4.55. The number of nitrogens with zero attached hydrogens (tertiary/aromatic N) is 3. The molecule has 2 aromatic heterocycles. The number of anilines is 3. The highest BCUT2D eigenvalue weighted by Crippen LogP contribution is 2.34. The van der Waals surface area contributed by atoms with E-state index >= 15 is 0 Å². The Labute approximate surface area is 229 Å². The van der Waals surface area contributed by atoms with Crippen molar-refractivity contribution in [3.63, 3.8) is 0 Å². The summed E-state index contributed by atoms with van der Waals surface area (Å²) in [4.78, 5) is 11.3. The first-order valence-electron chi connectivity index (χ1n) is 12.8. The fourth-order valence-electron chi connectivity index (χ4n) is 4.50. The summed E-state index contributed by atoms with van der Waals surface area (Å²) < 4.78 is 0. The predicted molar refractivity (Wildman–Crippen MR) is 160 cm³/mol. The summed E-state index contributed by atoms with van der Waals surface area (Å²) in [5.41, 5.74) is 8.99. The van der Waals surface area contributed by atoms with Crippen LogP contribution in [0.5, 0.6) is 0 Å². The van der Waals surface area contributed by atoms with E-state index in [0.29, 0.717) is 0 Å². The summed E-state index contributed by atoms with van der Waals surface area (Å²) in [7, 11) is 0. The Morgan fingerprint density at radius 3 is 1.36 bits per heavy atom. The largest absolute Gasteiger partial charge is 0.311 e. The van der Waals surface area contributed by atoms with E-state index in [1.165, 1.54) is 0 Å². The van der Waals surface area contributed by atoms with Gasteiger partial charge >= 0.3 is 0 Å². The minimum absolute atomic E-state index is 0.907. The van der Waals surface area contributed by atoms with Crippen LogP contribution in [0.3, 0.4) is 0 Å². The van der Waals surface area contributed by atoms with Crippen molar-refractivity contribution in [1.82, 2.24) is 9.97 Å². The molecule has 3 heteroatoms. The van der Waals surface area contributed by atoms with E-state index in [4.69, 9.17) is 0 Å². The second-order valence-electron chi connectivity index (χ2n) is 9.03. The molecule has 184 valence electrons. The van der Waals surface area contributed by atoms with Crippen LogP contribution in [0.4, 0.5) is 17.1 Å². The van der Waals surface area contributed by atoms with Crippen LogP contribution in [-0.4, -0.2) is 9.97 Å². The van der Waals surface area contributed by atoms with Gasteiger partial charge in [0.1, 0.15) is 0 Å². The number of benzene rings is 4. The highest BCUT2D eigenvalue weighted by Gasteiger charge is 2.11. The number of hydrogen-bond donors (Lipinski definition) is 0. The van der Waals surface area contributed by atoms with Crippen molar-refractivity contribution in [1.29, 1.82) is 0 Å². The third-order valence-electron chi connectivity index (χ3n) is 6.36. The Balaban J connectivity index is 1.34. The Hall–Kier alpha value is -5.46. The van der Waals surface area contributed by atoms with Crippen molar-refractivity contribution >= 4 is 17.1 Å². The molecule has 0 bridgehead atoms. The van der Waals surface area contributed by atoms with E-state index < -0.39 is 0 Å². The van der Waals surface area contributed by atoms with Crippen molar-refractivity contribution in [3.8, 4) is 34.4 Å². The highest BCUT2D eigenvalue weighted by molar-refractivity contribution is 5.77. The van der Waals surface area contributed by atoms with E-state index in [1.54, 1.807) is 0 Å². The first-order valence-corrected chi connectivity index (χ1v) is 12.8. The molecule has 0 unspecified atom stereocenters. The van der Waals surface area contributed by atoms with Crippen molar-refractivity contribution in [2.75, 3.05) is 4.90 Å². The highest BCUT2D eigenvalue weighted by atomic mass is 15.1. The molecule has 0 aliphatic carbocycles. The summed E-state index contributed by atoms with van der Waals surface area (Å²) in [6, 6.07) is 47.3. The monoisotopic (exact) mass is 499 g/mol. The van der Waals surface area contributed by atoms with Gasteiger partial charge in [0.2, 0.25) is 0 Å². The molecule has 0 aliphatic rings. The number of aromatic nitrogens is 2. The van der Waals surface area contributed by atoms with Crippen molar-refractivity contribution < 1.29 is 0 Å². The molecule has 4 aromatic carbocycles. The van der Waals surface area contributed by atoms with Crippen LogP contribution in [0.1, 0.15) is 11.1 Å². The third kappa shape index (κ3) is 5.61. The lowest BCUT2D eigenvalue weighted by Gasteiger charge is -2.25. The number of rotatable bonds is 5. The van der Waals surface area contributed by atoms with Gasteiger partial charge in [-0.3, -0.25) is 9.97 Å². The van der Waals surface area contributed by atoms with Gasteiger partial charge in [-0.1, -0.05) is 60.4 Å². The number of pyridine rings is 2. The van der Waals surface area contributed by atoms with Gasteiger partial charge in [-0.15, -0.1) is 0 Å². The molecule has 0 radical (unpaired) electrons. The van der Waals surface area contributed by atoms with Crippen LogP contribution < -0.4 is 4.90 Å².